The highest BCUT2D eigenvalue weighted by Gasteiger charge is 2.17. The first-order chi connectivity index (χ1) is 5.84. The Hall–Kier alpha value is -0.520. The molecule has 6 heteroatoms. The zero-order valence-electron chi connectivity index (χ0n) is 7.36. The highest BCUT2D eigenvalue weighted by Crippen LogP contribution is 2.20. The van der Waals surface area contributed by atoms with Gasteiger partial charge in [-0.05, 0) is 19.1 Å². The van der Waals surface area contributed by atoms with Crippen LogP contribution in [0.3, 0.4) is 0 Å². The normalized spacial score (nSPS) is 14.5. The summed E-state index contributed by atoms with van der Waals surface area (Å²) in [4.78, 5) is 0. The van der Waals surface area contributed by atoms with Crippen molar-refractivity contribution in [3.63, 3.8) is 0 Å². The Morgan fingerprint density at radius 1 is 1.54 bits per heavy atom. The molecule has 1 heterocycles. The van der Waals surface area contributed by atoms with E-state index in [-0.39, 0.29) is 11.2 Å². The number of nitrogens with two attached hydrogens (primary N) is 1. The summed E-state index contributed by atoms with van der Waals surface area (Å²) >= 11 is 5.70. The van der Waals surface area contributed by atoms with Crippen molar-refractivity contribution in [2.75, 3.05) is 6.26 Å². The third kappa shape index (κ3) is 2.04. The first-order valence-electron chi connectivity index (χ1n) is 3.67. The van der Waals surface area contributed by atoms with Crippen LogP contribution in [0.1, 0.15) is 18.7 Å². The van der Waals surface area contributed by atoms with Gasteiger partial charge in [0.1, 0.15) is 5.15 Å². The van der Waals surface area contributed by atoms with Gasteiger partial charge in [0.2, 0.25) is 10.0 Å². The highest BCUT2D eigenvalue weighted by atomic mass is 35.5. The van der Waals surface area contributed by atoms with Crippen molar-refractivity contribution >= 4 is 21.6 Å². The van der Waals surface area contributed by atoms with Crippen LogP contribution in [0.2, 0.25) is 5.15 Å². The van der Waals surface area contributed by atoms with Crippen LogP contribution in [0, 0.1) is 0 Å². The zero-order valence-corrected chi connectivity index (χ0v) is 8.93. The standard InChI is InChI=1S/C7H11ClN2O2S/c1-5(9)6-3-4-7(8)10(6)13(2,11)12/h3-5H,9H2,1-2H3. The second-order valence-electron chi connectivity index (χ2n) is 2.90. The second-order valence-corrected chi connectivity index (χ2v) is 5.12. The minimum absolute atomic E-state index is 0.162. The average Bonchev–Trinajstić information content (AvgIpc) is 2.28. The minimum atomic E-state index is -3.36. The minimum Gasteiger partial charge on any atom is -0.323 e. The van der Waals surface area contributed by atoms with Gasteiger partial charge < -0.3 is 5.73 Å². The quantitative estimate of drug-likeness (QED) is 0.811. The van der Waals surface area contributed by atoms with Crippen molar-refractivity contribution in [1.29, 1.82) is 0 Å². The van der Waals surface area contributed by atoms with Gasteiger partial charge in [0.05, 0.1) is 11.9 Å². The molecule has 1 atom stereocenters. The summed E-state index contributed by atoms with van der Waals surface area (Å²) < 4.78 is 23.6. The maximum atomic E-state index is 11.3. The summed E-state index contributed by atoms with van der Waals surface area (Å²) in [7, 11) is -3.36. The summed E-state index contributed by atoms with van der Waals surface area (Å²) in [5.74, 6) is 0. The van der Waals surface area contributed by atoms with Crippen LogP contribution >= 0.6 is 11.6 Å². The fraction of sp³-hybridized carbons (Fsp3) is 0.429. The van der Waals surface area contributed by atoms with Gasteiger partial charge in [-0.15, -0.1) is 0 Å². The highest BCUT2D eigenvalue weighted by molar-refractivity contribution is 7.89. The third-order valence-corrected chi connectivity index (χ3v) is 3.08. The largest absolute Gasteiger partial charge is 0.323 e. The lowest BCUT2D eigenvalue weighted by atomic mass is 10.3. The van der Waals surface area contributed by atoms with Gasteiger partial charge in [-0.25, -0.2) is 12.4 Å². The van der Waals surface area contributed by atoms with Gasteiger partial charge in [-0.2, -0.15) is 0 Å². The molecule has 0 aromatic carbocycles. The molecule has 0 aliphatic carbocycles. The van der Waals surface area contributed by atoms with E-state index in [1.165, 1.54) is 6.07 Å². The Morgan fingerprint density at radius 2 is 2.08 bits per heavy atom. The van der Waals surface area contributed by atoms with Gasteiger partial charge >= 0.3 is 0 Å². The van der Waals surface area contributed by atoms with E-state index in [0.717, 1.165) is 10.2 Å². The SMILES string of the molecule is CC(N)c1ccc(Cl)n1S(C)(=O)=O. The van der Waals surface area contributed by atoms with Gasteiger partial charge in [0.15, 0.2) is 0 Å². The maximum absolute atomic E-state index is 11.3. The summed E-state index contributed by atoms with van der Waals surface area (Å²) in [6, 6.07) is 2.76. The molecular weight excluding hydrogens is 212 g/mol. The third-order valence-electron chi connectivity index (χ3n) is 1.62. The Balaban J connectivity index is 3.42. The monoisotopic (exact) mass is 222 g/mol. The van der Waals surface area contributed by atoms with Crippen LogP contribution in [-0.4, -0.2) is 18.6 Å². The average molecular weight is 223 g/mol. The molecule has 0 radical (unpaired) electrons. The maximum Gasteiger partial charge on any atom is 0.237 e. The van der Waals surface area contributed by atoms with Crippen LogP contribution in [0.25, 0.3) is 0 Å². The molecule has 13 heavy (non-hydrogen) atoms. The molecule has 0 saturated carbocycles. The van der Waals surface area contributed by atoms with E-state index in [1.54, 1.807) is 13.0 Å². The fourth-order valence-electron chi connectivity index (χ4n) is 1.10. The lowest BCUT2D eigenvalue weighted by Crippen LogP contribution is -2.18. The predicted molar refractivity (Wildman–Crippen MR) is 52.3 cm³/mol. The first-order valence-corrected chi connectivity index (χ1v) is 5.90. The summed E-state index contributed by atoms with van der Waals surface area (Å²) in [6.07, 6.45) is 1.09. The molecule has 1 aromatic rings. The van der Waals surface area contributed by atoms with Gasteiger partial charge in [0.25, 0.3) is 0 Å². The fourth-order valence-corrected chi connectivity index (χ4v) is 2.62. The molecule has 0 amide bonds. The first kappa shape index (κ1) is 10.6. The topological polar surface area (TPSA) is 65.1 Å². The number of hydrogen-bond acceptors (Lipinski definition) is 3. The molecule has 4 nitrogen and oxygen atoms in total. The van der Waals surface area contributed by atoms with Crippen molar-refractivity contribution in [3.05, 3.63) is 23.0 Å². The lowest BCUT2D eigenvalue weighted by molar-refractivity contribution is 0.588. The van der Waals surface area contributed by atoms with Crippen LogP contribution < -0.4 is 5.73 Å². The van der Waals surface area contributed by atoms with Crippen LogP contribution in [0.15, 0.2) is 12.1 Å². The zero-order chi connectivity index (χ0) is 10.2. The molecular formula is C7H11ClN2O2S. The van der Waals surface area contributed by atoms with E-state index < -0.39 is 10.0 Å². The van der Waals surface area contributed by atoms with E-state index in [0.29, 0.717) is 5.69 Å². The van der Waals surface area contributed by atoms with Crippen molar-refractivity contribution in [2.45, 2.75) is 13.0 Å². The molecule has 0 bridgehead atoms. The predicted octanol–water partition coefficient (Wildman–Crippen LogP) is 0.969. The van der Waals surface area contributed by atoms with Gasteiger partial charge in [0, 0.05) is 6.04 Å². The molecule has 1 unspecified atom stereocenters. The molecule has 2 N–H and O–H groups in total. The van der Waals surface area contributed by atoms with Crippen LogP contribution in [0.5, 0.6) is 0 Å². The van der Waals surface area contributed by atoms with Crippen molar-refractivity contribution in [1.82, 2.24) is 3.97 Å². The number of hydrogen-bond donors (Lipinski definition) is 1. The van der Waals surface area contributed by atoms with Crippen molar-refractivity contribution in [3.8, 4) is 0 Å². The van der Waals surface area contributed by atoms with E-state index in [9.17, 15) is 8.42 Å². The second kappa shape index (κ2) is 3.32. The van der Waals surface area contributed by atoms with Crippen LogP contribution in [0.4, 0.5) is 0 Å². The van der Waals surface area contributed by atoms with E-state index in [4.69, 9.17) is 17.3 Å². The number of halogens is 1. The van der Waals surface area contributed by atoms with E-state index >= 15 is 0 Å². The molecule has 1 aromatic heterocycles. The van der Waals surface area contributed by atoms with Gasteiger partial charge in [-0.3, -0.25) is 0 Å². The summed E-state index contributed by atoms with van der Waals surface area (Å²) in [6.45, 7) is 1.70. The number of nitrogens with zero attached hydrogens (tertiary/aromatic N) is 1. The Kier molecular flexibility index (Phi) is 2.70. The lowest BCUT2D eigenvalue weighted by Gasteiger charge is -2.10. The molecule has 74 valence electrons. The van der Waals surface area contributed by atoms with E-state index in [2.05, 4.69) is 0 Å². The van der Waals surface area contributed by atoms with Crippen molar-refractivity contribution in [2.24, 2.45) is 5.73 Å². The van der Waals surface area contributed by atoms with Crippen molar-refractivity contribution < 1.29 is 8.42 Å². The van der Waals surface area contributed by atoms with E-state index in [1.807, 2.05) is 0 Å². The molecule has 0 spiro atoms. The van der Waals surface area contributed by atoms with Crippen LogP contribution in [-0.2, 0) is 10.0 Å². The van der Waals surface area contributed by atoms with Gasteiger partial charge in [-0.1, -0.05) is 11.6 Å². The molecule has 1 rings (SSSR count). The Morgan fingerprint density at radius 3 is 2.38 bits per heavy atom. The molecule has 0 aliphatic rings. The summed E-state index contributed by atoms with van der Waals surface area (Å²) in [5.41, 5.74) is 6.07. The molecule has 0 fully saturated rings. The number of rotatable bonds is 2. The Bertz CT molecular complexity index is 408. The Labute approximate surface area is 82.3 Å². The molecule has 0 aliphatic heterocycles. The molecule has 0 saturated heterocycles. The number of aromatic nitrogens is 1. The smallest absolute Gasteiger partial charge is 0.237 e. The summed E-state index contributed by atoms with van der Waals surface area (Å²) in [5, 5.41) is 0.162.